The van der Waals surface area contributed by atoms with Crippen LogP contribution in [0.2, 0.25) is 10.0 Å². The first-order valence-electron chi connectivity index (χ1n) is 15.1. The van der Waals surface area contributed by atoms with Crippen LogP contribution in [0.25, 0.3) is 11.3 Å². The highest BCUT2D eigenvalue weighted by molar-refractivity contribution is 6.35. The lowest BCUT2D eigenvalue weighted by Crippen LogP contribution is -3.15. The van der Waals surface area contributed by atoms with E-state index in [4.69, 9.17) is 42.6 Å². The van der Waals surface area contributed by atoms with Crippen molar-refractivity contribution < 1.29 is 24.1 Å². The Labute approximate surface area is 264 Å². The van der Waals surface area contributed by atoms with Crippen LogP contribution in [0.4, 0.5) is 5.82 Å². The van der Waals surface area contributed by atoms with Gasteiger partial charge in [0.05, 0.1) is 57.8 Å². The molecule has 4 heterocycles. The van der Waals surface area contributed by atoms with E-state index in [-0.39, 0.29) is 5.91 Å². The van der Waals surface area contributed by atoms with Crippen molar-refractivity contribution in [1.29, 1.82) is 0 Å². The molecule has 2 fully saturated rings. The monoisotopic (exact) mass is 628 g/mol. The Morgan fingerprint density at radius 1 is 1.02 bits per heavy atom. The number of nitrogens with zero attached hydrogens (tertiary/aromatic N) is 3. The van der Waals surface area contributed by atoms with Gasteiger partial charge in [0, 0.05) is 60.7 Å². The summed E-state index contributed by atoms with van der Waals surface area (Å²) in [7, 11) is 1.76. The van der Waals surface area contributed by atoms with Gasteiger partial charge in [0.2, 0.25) is 11.8 Å². The average Bonchev–Trinajstić information content (AvgIpc) is 3.00. The number of ether oxygens (including phenoxy) is 2. The van der Waals surface area contributed by atoms with Crippen LogP contribution in [0.3, 0.4) is 0 Å². The van der Waals surface area contributed by atoms with Gasteiger partial charge in [0.1, 0.15) is 24.7 Å². The number of piperidine rings is 1. The number of anilines is 1. The van der Waals surface area contributed by atoms with E-state index >= 15 is 0 Å². The number of amides is 1. The Bertz CT molecular complexity index is 1340. The number of hydrogen-bond donors (Lipinski definition) is 3. The summed E-state index contributed by atoms with van der Waals surface area (Å²) in [4.78, 5) is 26.2. The molecule has 43 heavy (non-hydrogen) atoms. The van der Waals surface area contributed by atoms with Gasteiger partial charge in [-0.2, -0.15) is 0 Å². The molecular formula is C32H42Cl2N6O3+2. The molecule has 5 rings (SSSR count). The number of rotatable bonds is 11. The Morgan fingerprint density at radius 3 is 2.42 bits per heavy atom. The summed E-state index contributed by atoms with van der Waals surface area (Å²) in [5.74, 6) is 2.67. The van der Waals surface area contributed by atoms with Crippen LogP contribution in [0.5, 0.6) is 11.6 Å². The zero-order valence-electron chi connectivity index (χ0n) is 25.0. The maximum absolute atomic E-state index is 11.3. The molecule has 2 saturated heterocycles. The Morgan fingerprint density at radius 2 is 1.77 bits per heavy atom. The third-order valence-corrected chi connectivity index (χ3v) is 8.76. The second-order valence-electron chi connectivity index (χ2n) is 11.6. The maximum Gasteiger partial charge on any atom is 0.220 e. The number of aromatic nitrogens is 2. The summed E-state index contributed by atoms with van der Waals surface area (Å²) in [6.07, 6.45) is 3.94. The number of benzene rings is 1. The van der Waals surface area contributed by atoms with Gasteiger partial charge < -0.3 is 29.5 Å². The third kappa shape index (κ3) is 9.27. The zero-order chi connectivity index (χ0) is 30.2. The van der Waals surface area contributed by atoms with E-state index < -0.39 is 0 Å². The van der Waals surface area contributed by atoms with Crippen molar-refractivity contribution in [2.75, 3.05) is 71.0 Å². The number of halogens is 2. The first kappa shape index (κ1) is 31.5. The molecule has 9 nitrogen and oxygen atoms in total. The minimum absolute atomic E-state index is 0.0371. The fraction of sp³-hybridized carbons (Fsp3) is 0.469. The van der Waals surface area contributed by atoms with E-state index in [0.29, 0.717) is 27.6 Å². The fourth-order valence-corrected chi connectivity index (χ4v) is 6.42. The lowest BCUT2D eigenvalue weighted by molar-refractivity contribution is -0.919. The smallest absolute Gasteiger partial charge is 0.220 e. The highest BCUT2D eigenvalue weighted by Gasteiger charge is 2.24. The zero-order valence-corrected chi connectivity index (χ0v) is 26.5. The number of carbonyl (C=O) groups is 1. The van der Waals surface area contributed by atoms with Gasteiger partial charge in [0.25, 0.3) is 0 Å². The highest BCUT2D eigenvalue weighted by atomic mass is 35.5. The summed E-state index contributed by atoms with van der Waals surface area (Å²) in [5, 5.41) is 4.09. The molecule has 0 bridgehead atoms. The van der Waals surface area contributed by atoms with E-state index in [0.717, 1.165) is 101 Å². The predicted octanol–water partition coefficient (Wildman–Crippen LogP) is 2.53. The quantitative estimate of drug-likeness (QED) is 0.303. The Kier molecular flexibility index (Phi) is 11.1. The molecule has 0 radical (unpaired) electrons. The van der Waals surface area contributed by atoms with Gasteiger partial charge in [0.15, 0.2) is 0 Å². The first-order chi connectivity index (χ1) is 20.8. The summed E-state index contributed by atoms with van der Waals surface area (Å²) >= 11 is 12.7. The van der Waals surface area contributed by atoms with Crippen LogP contribution in [0.1, 0.15) is 25.3 Å². The van der Waals surface area contributed by atoms with Crippen molar-refractivity contribution in [2.45, 2.75) is 26.3 Å². The lowest BCUT2D eigenvalue weighted by atomic mass is 9.96. The van der Waals surface area contributed by atoms with Gasteiger partial charge in [-0.15, -0.1) is 0 Å². The summed E-state index contributed by atoms with van der Waals surface area (Å²) in [6, 6.07) is 13.6. The molecule has 2 aromatic heterocycles. The Balaban J connectivity index is 1.28. The first-order valence-corrected chi connectivity index (χ1v) is 15.9. The average molecular weight is 630 g/mol. The SMILES string of the molecule is COCC[NH+]1CCN(c2ccc(Oc3cc(C[NH+]4CCC(CNC(C)=O)CC4)cc(-c4cc(Cl)cc(Cl)c4)n3)cn2)CC1. The van der Waals surface area contributed by atoms with Crippen molar-refractivity contribution in [3.05, 3.63) is 64.3 Å². The van der Waals surface area contributed by atoms with Gasteiger partial charge in [-0.25, -0.2) is 9.97 Å². The van der Waals surface area contributed by atoms with Crippen molar-refractivity contribution in [3.8, 4) is 22.9 Å². The Hall–Kier alpha value is -2.95. The van der Waals surface area contributed by atoms with Crippen molar-refractivity contribution >= 4 is 34.9 Å². The number of likely N-dealkylation sites (tertiary alicyclic amines) is 1. The van der Waals surface area contributed by atoms with Crippen molar-refractivity contribution in [1.82, 2.24) is 15.3 Å². The molecule has 3 aromatic rings. The molecule has 0 saturated carbocycles. The molecule has 230 valence electrons. The van der Waals surface area contributed by atoms with Crippen LogP contribution < -0.4 is 24.8 Å². The number of carbonyl (C=O) groups excluding carboxylic acids is 1. The van der Waals surface area contributed by atoms with E-state index in [1.165, 1.54) is 4.90 Å². The van der Waals surface area contributed by atoms with Gasteiger partial charge in [-0.05, 0) is 42.3 Å². The molecular weight excluding hydrogens is 587 g/mol. The van der Waals surface area contributed by atoms with E-state index in [9.17, 15) is 4.79 Å². The molecule has 0 atom stereocenters. The summed E-state index contributed by atoms with van der Waals surface area (Å²) in [6.45, 7) is 11.2. The molecule has 2 aliphatic rings. The van der Waals surface area contributed by atoms with Crippen LogP contribution in [0, 0.1) is 5.92 Å². The summed E-state index contributed by atoms with van der Waals surface area (Å²) < 4.78 is 11.5. The topological polar surface area (TPSA) is 85.5 Å². The molecule has 1 aromatic carbocycles. The minimum Gasteiger partial charge on any atom is -0.437 e. The van der Waals surface area contributed by atoms with Gasteiger partial charge in [-0.3, -0.25) is 4.79 Å². The van der Waals surface area contributed by atoms with Crippen molar-refractivity contribution in [2.24, 2.45) is 5.92 Å². The second kappa shape index (κ2) is 15.2. The normalized spacial score (nSPS) is 19.3. The predicted molar refractivity (Wildman–Crippen MR) is 169 cm³/mol. The fourth-order valence-electron chi connectivity index (χ4n) is 5.90. The number of nitrogens with one attached hydrogen (secondary N) is 3. The number of piperazine rings is 1. The van der Waals surface area contributed by atoms with E-state index in [1.807, 2.05) is 30.3 Å². The molecule has 0 unspecified atom stereocenters. The molecule has 0 aliphatic carbocycles. The van der Waals surface area contributed by atoms with Crippen LogP contribution in [0.15, 0.2) is 48.7 Å². The van der Waals surface area contributed by atoms with Gasteiger partial charge in [-0.1, -0.05) is 23.2 Å². The molecule has 1 amide bonds. The van der Waals surface area contributed by atoms with Crippen LogP contribution >= 0.6 is 23.2 Å². The van der Waals surface area contributed by atoms with Gasteiger partial charge >= 0.3 is 0 Å². The van der Waals surface area contributed by atoms with Crippen molar-refractivity contribution in [3.63, 3.8) is 0 Å². The van der Waals surface area contributed by atoms with E-state index in [1.54, 1.807) is 31.2 Å². The van der Waals surface area contributed by atoms with E-state index in [2.05, 4.69) is 16.3 Å². The maximum atomic E-state index is 11.3. The number of pyridine rings is 2. The minimum atomic E-state index is 0.0371. The standard InChI is InChI=1S/C32H40Cl2N6O3/c1-23(41)35-20-24-5-7-39(8-6-24)22-25-15-30(26-17-27(33)19-28(34)18-26)37-32(16-25)43-29-3-4-31(36-21-29)40-11-9-38(10-12-40)13-14-42-2/h3-4,15-19,21,24H,5-14,20,22H2,1-2H3,(H,35,41)/p+2. The number of quaternary nitrogens is 2. The molecule has 2 aliphatic heterocycles. The summed E-state index contributed by atoms with van der Waals surface area (Å²) in [5.41, 5.74) is 2.73. The van der Waals surface area contributed by atoms with Crippen LogP contribution in [-0.4, -0.2) is 81.9 Å². The third-order valence-electron chi connectivity index (χ3n) is 8.32. The highest BCUT2D eigenvalue weighted by Crippen LogP contribution is 2.30. The molecule has 0 spiro atoms. The molecule has 11 heteroatoms. The largest absolute Gasteiger partial charge is 0.437 e. The lowest BCUT2D eigenvalue weighted by Gasteiger charge is -2.32. The second-order valence-corrected chi connectivity index (χ2v) is 12.5. The molecule has 3 N–H and O–H groups in total. The number of hydrogen-bond acceptors (Lipinski definition) is 6. The van der Waals surface area contributed by atoms with Crippen LogP contribution in [-0.2, 0) is 16.1 Å². The number of methoxy groups -OCH3 is 1.